The van der Waals surface area contributed by atoms with Crippen molar-refractivity contribution in [3.8, 4) is 0 Å². The summed E-state index contributed by atoms with van der Waals surface area (Å²) in [4.78, 5) is 4.43. The van der Waals surface area contributed by atoms with Gasteiger partial charge in [0.15, 0.2) is 0 Å². The number of anilines is 1. The maximum Gasteiger partial charge on any atom is 0.149 e. The first-order valence-electron chi connectivity index (χ1n) is 5.82. The lowest BCUT2D eigenvalue weighted by Gasteiger charge is -2.13. The van der Waals surface area contributed by atoms with E-state index < -0.39 is 0 Å². The zero-order chi connectivity index (χ0) is 12.6. The number of hydrogen-bond donors (Lipinski definition) is 1. The molecule has 90 valence electrons. The van der Waals surface area contributed by atoms with Gasteiger partial charge in [0.1, 0.15) is 11.3 Å². The minimum atomic E-state index is -0.260. The summed E-state index contributed by atoms with van der Waals surface area (Å²) in [5.74, 6) is 0.0241. The molecule has 1 heterocycles. The van der Waals surface area contributed by atoms with Crippen LogP contribution in [-0.2, 0) is 0 Å². The smallest absolute Gasteiger partial charge is 0.149 e. The van der Waals surface area contributed by atoms with Crippen LogP contribution in [0.15, 0.2) is 18.2 Å². The zero-order valence-corrected chi connectivity index (χ0v) is 10.6. The summed E-state index contributed by atoms with van der Waals surface area (Å²) in [7, 11) is 1.85. The highest BCUT2D eigenvalue weighted by Crippen LogP contribution is 2.30. The number of benzene rings is 1. The maximum absolute atomic E-state index is 13.8. The van der Waals surface area contributed by atoms with E-state index in [4.69, 9.17) is 0 Å². The first kappa shape index (κ1) is 11.8. The summed E-state index contributed by atoms with van der Waals surface area (Å²) in [6.45, 7) is 6.09. The molecule has 0 aliphatic carbocycles. The second-order valence-electron chi connectivity index (χ2n) is 4.59. The highest BCUT2D eigenvalue weighted by Gasteiger charge is 2.12. The number of nitrogens with one attached hydrogen (secondary N) is 1. The van der Waals surface area contributed by atoms with Crippen LogP contribution in [0.5, 0.6) is 0 Å². The summed E-state index contributed by atoms with van der Waals surface area (Å²) in [5, 5.41) is 4.00. The number of rotatable bonds is 2. The number of aryl methyl sites for hydroxylation is 1. The Morgan fingerprint density at radius 2 is 2.00 bits per heavy atom. The van der Waals surface area contributed by atoms with Crippen LogP contribution in [0, 0.1) is 12.7 Å². The Hall–Kier alpha value is -1.64. The minimum absolute atomic E-state index is 0.260. The Kier molecular flexibility index (Phi) is 3.01. The molecule has 1 N–H and O–H groups in total. The predicted molar refractivity (Wildman–Crippen MR) is 70.1 cm³/mol. The van der Waals surface area contributed by atoms with Crippen molar-refractivity contribution in [3.63, 3.8) is 0 Å². The van der Waals surface area contributed by atoms with Crippen LogP contribution in [-0.4, -0.2) is 12.0 Å². The molecule has 0 atom stereocenters. The van der Waals surface area contributed by atoms with Gasteiger partial charge in [-0.2, -0.15) is 0 Å². The van der Waals surface area contributed by atoms with E-state index in [9.17, 15) is 4.39 Å². The topological polar surface area (TPSA) is 24.9 Å². The van der Waals surface area contributed by atoms with Gasteiger partial charge in [0.05, 0.1) is 0 Å². The molecule has 2 nitrogen and oxygen atoms in total. The van der Waals surface area contributed by atoms with Crippen LogP contribution in [0.3, 0.4) is 0 Å². The molecule has 2 aromatic rings. The fourth-order valence-electron chi connectivity index (χ4n) is 1.99. The van der Waals surface area contributed by atoms with Crippen LogP contribution in [0.2, 0.25) is 0 Å². The number of aromatic nitrogens is 1. The lowest BCUT2D eigenvalue weighted by Crippen LogP contribution is -2.00. The highest BCUT2D eigenvalue weighted by molar-refractivity contribution is 5.94. The van der Waals surface area contributed by atoms with Gasteiger partial charge in [0, 0.05) is 23.8 Å². The third kappa shape index (κ3) is 1.97. The Morgan fingerprint density at radius 1 is 1.29 bits per heavy atom. The molecule has 0 amide bonds. The van der Waals surface area contributed by atoms with Gasteiger partial charge in [-0.25, -0.2) is 9.37 Å². The number of nitrogens with zero attached hydrogens (tertiary/aromatic N) is 1. The summed E-state index contributed by atoms with van der Waals surface area (Å²) >= 11 is 0. The third-order valence-electron chi connectivity index (χ3n) is 3.00. The summed E-state index contributed by atoms with van der Waals surface area (Å²) < 4.78 is 13.8. The van der Waals surface area contributed by atoms with Gasteiger partial charge < -0.3 is 5.32 Å². The van der Waals surface area contributed by atoms with Crippen molar-refractivity contribution in [2.45, 2.75) is 26.7 Å². The van der Waals surface area contributed by atoms with E-state index >= 15 is 0 Å². The molecular weight excluding hydrogens is 215 g/mol. The van der Waals surface area contributed by atoms with Gasteiger partial charge in [-0.3, -0.25) is 0 Å². The molecule has 3 heteroatoms. The van der Waals surface area contributed by atoms with E-state index in [0.717, 1.165) is 22.3 Å². The summed E-state index contributed by atoms with van der Waals surface area (Å²) in [6, 6.07) is 5.27. The van der Waals surface area contributed by atoms with Gasteiger partial charge in [0.2, 0.25) is 0 Å². The Bertz CT molecular complexity index is 562. The Morgan fingerprint density at radius 3 is 2.59 bits per heavy atom. The average molecular weight is 232 g/mol. The standard InChI is InChI=1S/C14H17FN2/c1-8(2)11-7-12(16-4)13-9(3)5-6-10(15)14(13)17-11/h5-8H,1-4H3,(H,16,17). The Labute approximate surface area is 101 Å². The first-order chi connectivity index (χ1) is 8.04. The molecule has 17 heavy (non-hydrogen) atoms. The van der Waals surface area contributed by atoms with Crippen molar-refractivity contribution in [1.29, 1.82) is 0 Å². The van der Waals surface area contributed by atoms with Crippen molar-refractivity contribution in [2.24, 2.45) is 0 Å². The van der Waals surface area contributed by atoms with Crippen LogP contribution in [0.25, 0.3) is 10.9 Å². The SMILES string of the molecule is CNc1cc(C(C)C)nc2c(F)ccc(C)c12. The van der Waals surface area contributed by atoms with Gasteiger partial charge >= 0.3 is 0 Å². The number of halogens is 1. The van der Waals surface area contributed by atoms with Crippen molar-refractivity contribution < 1.29 is 4.39 Å². The first-order valence-corrected chi connectivity index (χ1v) is 5.82. The van der Waals surface area contributed by atoms with Crippen LogP contribution in [0.4, 0.5) is 10.1 Å². The molecule has 0 spiro atoms. The third-order valence-corrected chi connectivity index (χ3v) is 3.00. The largest absolute Gasteiger partial charge is 0.388 e. The molecular formula is C14H17FN2. The van der Waals surface area contributed by atoms with E-state index in [1.54, 1.807) is 6.07 Å². The van der Waals surface area contributed by atoms with E-state index in [1.165, 1.54) is 6.07 Å². The maximum atomic E-state index is 13.8. The lowest BCUT2D eigenvalue weighted by atomic mass is 10.0. The van der Waals surface area contributed by atoms with E-state index in [2.05, 4.69) is 24.1 Å². The van der Waals surface area contributed by atoms with Crippen molar-refractivity contribution >= 4 is 16.6 Å². The molecule has 0 bridgehead atoms. The van der Waals surface area contributed by atoms with Crippen LogP contribution in [0.1, 0.15) is 31.0 Å². The summed E-state index contributed by atoms with van der Waals surface area (Å²) in [6.07, 6.45) is 0. The number of pyridine rings is 1. The molecule has 0 radical (unpaired) electrons. The fourth-order valence-corrected chi connectivity index (χ4v) is 1.99. The number of fused-ring (bicyclic) bond motifs is 1. The van der Waals surface area contributed by atoms with Crippen LogP contribution >= 0.6 is 0 Å². The molecule has 1 aromatic heterocycles. The van der Waals surface area contributed by atoms with Crippen molar-refractivity contribution in [2.75, 3.05) is 12.4 Å². The molecule has 0 aliphatic rings. The second kappa shape index (κ2) is 4.32. The van der Waals surface area contributed by atoms with E-state index in [-0.39, 0.29) is 11.7 Å². The molecule has 0 unspecified atom stereocenters. The van der Waals surface area contributed by atoms with Gasteiger partial charge in [0.25, 0.3) is 0 Å². The second-order valence-corrected chi connectivity index (χ2v) is 4.59. The summed E-state index contributed by atoms with van der Waals surface area (Å²) in [5.41, 5.74) is 3.34. The number of hydrogen-bond acceptors (Lipinski definition) is 2. The van der Waals surface area contributed by atoms with Crippen molar-refractivity contribution in [3.05, 3.63) is 35.3 Å². The molecule has 1 aromatic carbocycles. The van der Waals surface area contributed by atoms with Gasteiger partial charge in [-0.15, -0.1) is 0 Å². The van der Waals surface area contributed by atoms with Crippen LogP contribution < -0.4 is 5.32 Å². The molecule has 0 fully saturated rings. The molecule has 0 aliphatic heterocycles. The predicted octanol–water partition coefficient (Wildman–Crippen LogP) is 3.85. The average Bonchev–Trinajstić information content (AvgIpc) is 2.32. The van der Waals surface area contributed by atoms with Gasteiger partial charge in [-0.1, -0.05) is 19.9 Å². The normalized spacial score (nSPS) is 11.2. The quantitative estimate of drug-likeness (QED) is 0.850. The Balaban J connectivity index is 2.87. The monoisotopic (exact) mass is 232 g/mol. The lowest BCUT2D eigenvalue weighted by molar-refractivity contribution is 0.635. The fraction of sp³-hybridized carbons (Fsp3) is 0.357. The van der Waals surface area contributed by atoms with E-state index in [1.807, 2.05) is 20.0 Å². The molecule has 0 saturated carbocycles. The van der Waals surface area contributed by atoms with Crippen molar-refractivity contribution in [1.82, 2.24) is 4.98 Å². The zero-order valence-electron chi connectivity index (χ0n) is 10.6. The molecule has 0 saturated heterocycles. The highest BCUT2D eigenvalue weighted by atomic mass is 19.1. The molecule has 2 rings (SSSR count). The van der Waals surface area contributed by atoms with E-state index in [0.29, 0.717) is 5.52 Å². The minimum Gasteiger partial charge on any atom is -0.388 e. The van der Waals surface area contributed by atoms with Gasteiger partial charge in [-0.05, 0) is 30.5 Å².